The Morgan fingerprint density at radius 3 is 2.55 bits per heavy atom. The monoisotopic (exact) mass is 289 g/mol. The summed E-state index contributed by atoms with van der Waals surface area (Å²) in [5.74, 6) is 1.21. The summed E-state index contributed by atoms with van der Waals surface area (Å²) in [4.78, 5) is 4.73. The molecule has 4 rings (SSSR count). The molecule has 0 amide bonds. The number of aryl methyl sites for hydroxylation is 1. The van der Waals surface area contributed by atoms with Crippen molar-refractivity contribution in [3.05, 3.63) is 54.6 Å². The van der Waals surface area contributed by atoms with Crippen molar-refractivity contribution in [3.8, 4) is 0 Å². The Kier molecular flexibility index (Phi) is 2.72. The predicted molar refractivity (Wildman–Crippen MR) is 90.2 cm³/mol. The number of hydrogen-bond donors (Lipinski definition) is 2. The summed E-state index contributed by atoms with van der Waals surface area (Å²) in [6.07, 6.45) is 0. The highest BCUT2D eigenvalue weighted by atomic mass is 15.3. The van der Waals surface area contributed by atoms with Crippen molar-refractivity contribution in [2.45, 2.75) is 0 Å². The first kappa shape index (κ1) is 12.6. The molecule has 3 N–H and O–H groups in total. The number of nitrogens with one attached hydrogen (secondary N) is 1. The average Bonchev–Trinajstić information content (AvgIpc) is 2.84. The van der Waals surface area contributed by atoms with Crippen LogP contribution in [0.2, 0.25) is 0 Å². The minimum Gasteiger partial charge on any atom is -0.382 e. The van der Waals surface area contributed by atoms with Gasteiger partial charge in [0.2, 0.25) is 0 Å². The van der Waals surface area contributed by atoms with Gasteiger partial charge < -0.3 is 11.1 Å². The number of aromatic nitrogens is 3. The molecule has 5 heteroatoms. The first-order valence-electron chi connectivity index (χ1n) is 7.07. The van der Waals surface area contributed by atoms with E-state index in [0.717, 1.165) is 33.3 Å². The van der Waals surface area contributed by atoms with Gasteiger partial charge in [-0.3, -0.25) is 4.68 Å². The van der Waals surface area contributed by atoms with Gasteiger partial charge in [0.25, 0.3) is 0 Å². The Morgan fingerprint density at radius 2 is 1.73 bits per heavy atom. The van der Waals surface area contributed by atoms with E-state index < -0.39 is 0 Å². The number of para-hydroxylation sites is 2. The first-order chi connectivity index (χ1) is 10.7. The third-order valence-corrected chi connectivity index (χ3v) is 3.74. The fraction of sp³-hybridized carbons (Fsp3) is 0.0588. The second kappa shape index (κ2) is 4.73. The van der Waals surface area contributed by atoms with Crippen molar-refractivity contribution in [2.24, 2.45) is 7.05 Å². The van der Waals surface area contributed by atoms with Gasteiger partial charge in [-0.2, -0.15) is 5.10 Å². The smallest absolute Gasteiger partial charge is 0.157 e. The topological polar surface area (TPSA) is 68.8 Å². The molecule has 0 atom stereocenters. The molecule has 2 aromatic carbocycles. The Morgan fingerprint density at radius 1 is 1.00 bits per heavy atom. The summed E-state index contributed by atoms with van der Waals surface area (Å²) in [7, 11) is 1.90. The maximum atomic E-state index is 6.11. The molecule has 5 nitrogen and oxygen atoms in total. The van der Waals surface area contributed by atoms with Crippen LogP contribution in [0.1, 0.15) is 0 Å². The van der Waals surface area contributed by atoms with Gasteiger partial charge in [-0.05, 0) is 18.2 Å². The van der Waals surface area contributed by atoms with Crippen molar-refractivity contribution >= 4 is 39.1 Å². The molecule has 108 valence electrons. The zero-order valence-electron chi connectivity index (χ0n) is 12.1. The molecule has 0 bridgehead atoms. The van der Waals surface area contributed by atoms with Crippen LogP contribution in [-0.4, -0.2) is 14.8 Å². The van der Waals surface area contributed by atoms with E-state index in [0.29, 0.717) is 5.82 Å². The maximum Gasteiger partial charge on any atom is 0.157 e. The van der Waals surface area contributed by atoms with Crippen molar-refractivity contribution in [1.29, 1.82) is 0 Å². The van der Waals surface area contributed by atoms with Crippen LogP contribution in [0.3, 0.4) is 0 Å². The van der Waals surface area contributed by atoms with Crippen LogP contribution < -0.4 is 11.1 Å². The number of hydrogen-bond acceptors (Lipinski definition) is 4. The van der Waals surface area contributed by atoms with E-state index in [-0.39, 0.29) is 0 Å². The molecule has 0 saturated heterocycles. The van der Waals surface area contributed by atoms with Gasteiger partial charge in [-0.15, -0.1) is 0 Å². The number of anilines is 3. The minimum absolute atomic E-state index is 0.481. The third kappa shape index (κ3) is 1.87. The quantitative estimate of drug-likeness (QED) is 0.593. The van der Waals surface area contributed by atoms with Crippen molar-refractivity contribution in [2.75, 3.05) is 11.1 Å². The Labute approximate surface area is 127 Å². The maximum absolute atomic E-state index is 6.11. The number of nitrogens with zero attached hydrogens (tertiary/aromatic N) is 3. The zero-order chi connectivity index (χ0) is 15.1. The van der Waals surface area contributed by atoms with E-state index in [9.17, 15) is 0 Å². The van der Waals surface area contributed by atoms with Gasteiger partial charge in [0.05, 0.1) is 16.4 Å². The summed E-state index contributed by atoms with van der Waals surface area (Å²) >= 11 is 0. The van der Waals surface area contributed by atoms with Crippen molar-refractivity contribution < 1.29 is 0 Å². The van der Waals surface area contributed by atoms with Crippen LogP contribution in [0, 0.1) is 0 Å². The first-order valence-corrected chi connectivity index (χ1v) is 7.07. The molecule has 0 saturated carbocycles. The van der Waals surface area contributed by atoms with Crippen LogP contribution in [0.15, 0.2) is 54.6 Å². The predicted octanol–water partition coefficient (Wildman–Crippen LogP) is 3.45. The van der Waals surface area contributed by atoms with Gasteiger partial charge in [0, 0.05) is 18.1 Å². The van der Waals surface area contributed by atoms with Crippen LogP contribution >= 0.6 is 0 Å². The number of nitrogen functional groups attached to an aromatic ring is 1. The lowest BCUT2D eigenvalue weighted by Crippen LogP contribution is -1.97. The van der Waals surface area contributed by atoms with E-state index in [1.165, 1.54) is 0 Å². The zero-order valence-corrected chi connectivity index (χ0v) is 12.1. The highest BCUT2D eigenvalue weighted by molar-refractivity contribution is 6.12. The molecule has 0 aliphatic rings. The number of rotatable bonds is 2. The number of fused-ring (bicyclic) bond motifs is 3. The molecule has 2 heterocycles. The molecule has 2 aromatic heterocycles. The van der Waals surface area contributed by atoms with E-state index >= 15 is 0 Å². The van der Waals surface area contributed by atoms with Gasteiger partial charge in [0.1, 0.15) is 5.82 Å². The standard InChI is InChI=1S/C17H15N5/c1-22-15-12-9-5-6-10-13(12)20-17(14(15)16(18)21-22)19-11-7-3-2-4-8-11/h2-10H,1H3,(H2,18,21)(H,19,20). The lowest BCUT2D eigenvalue weighted by molar-refractivity contribution is 0.804. The molecule has 22 heavy (non-hydrogen) atoms. The van der Waals surface area contributed by atoms with Crippen LogP contribution in [-0.2, 0) is 7.05 Å². The Hall–Kier alpha value is -3.08. The highest BCUT2D eigenvalue weighted by Gasteiger charge is 2.16. The third-order valence-electron chi connectivity index (χ3n) is 3.74. The highest BCUT2D eigenvalue weighted by Crippen LogP contribution is 2.34. The summed E-state index contributed by atoms with van der Waals surface area (Å²) < 4.78 is 1.81. The largest absolute Gasteiger partial charge is 0.382 e. The normalized spacial score (nSPS) is 11.1. The van der Waals surface area contributed by atoms with Crippen LogP contribution in [0.5, 0.6) is 0 Å². The minimum atomic E-state index is 0.481. The van der Waals surface area contributed by atoms with Crippen LogP contribution in [0.4, 0.5) is 17.3 Å². The molecule has 0 aliphatic heterocycles. The second-order valence-electron chi connectivity index (χ2n) is 5.20. The molecule has 0 fully saturated rings. The van der Waals surface area contributed by atoms with Gasteiger partial charge in [-0.25, -0.2) is 4.98 Å². The second-order valence-corrected chi connectivity index (χ2v) is 5.20. The lowest BCUT2D eigenvalue weighted by Gasteiger charge is -2.09. The summed E-state index contributed by atoms with van der Waals surface area (Å²) in [5.41, 5.74) is 8.98. The van der Waals surface area contributed by atoms with E-state index in [1.807, 2.05) is 66.3 Å². The number of benzene rings is 2. The molecule has 0 aliphatic carbocycles. The van der Waals surface area contributed by atoms with E-state index in [4.69, 9.17) is 10.7 Å². The van der Waals surface area contributed by atoms with Gasteiger partial charge in [0.15, 0.2) is 5.82 Å². The molecular weight excluding hydrogens is 274 g/mol. The average molecular weight is 289 g/mol. The molecular formula is C17H15N5. The fourth-order valence-electron chi connectivity index (χ4n) is 2.78. The Bertz CT molecular complexity index is 973. The Balaban J connectivity index is 2.04. The number of nitrogens with two attached hydrogens (primary N) is 1. The summed E-state index contributed by atoms with van der Waals surface area (Å²) in [6.45, 7) is 0. The van der Waals surface area contributed by atoms with E-state index in [1.54, 1.807) is 0 Å². The summed E-state index contributed by atoms with van der Waals surface area (Å²) in [6, 6.07) is 17.9. The fourth-order valence-corrected chi connectivity index (χ4v) is 2.78. The number of pyridine rings is 1. The van der Waals surface area contributed by atoms with E-state index in [2.05, 4.69) is 10.4 Å². The molecule has 4 aromatic rings. The van der Waals surface area contributed by atoms with Crippen molar-refractivity contribution in [3.63, 3.8) is 0 Å². The molecule has 0 radical (unpaired) electrons. The van der Waals surface area contributed by atoms with Gasteiger partial charge >= 0.3 is 0 Å². The van der Waals surface area contributed by atoms with Crippen molar-refractivity contribution in [1.82, 2.24) is 14.8 Å². The SMILES string of the molecule is Cn1nc(N)c2c(Nc3ccccc3)nc3ccccc3c21. The molecule has 0 unspecified atom stereocenters. The van der Waals surface area contributed by atoms with Crippen LogP contribution in [0.25, 0.3) is 21.8 Å². The molecule has 0 spiro atoms. The lowest BCUT2D eigenvalue weighted by atomic mass is 10.1. The summed E-state index contributed by atoms with van der Waals surface area (Å²) in [5, 5.41) is 9.60. The van der Waals surface area contributed by atoms with Gasteiger partial charge in [-0.1, -0.05) is 36.4 Å².